The Balaban J connectivity index is 2.06. The lowest BCUT2D eigenvalue weighted by molar-refractivity contribution is 0.558. The van der Waals surface area contributed by atoms with Crippen LogP contribution in [0.15, 0.2) is 26.9 Å². The van der Waals surface area contributed by atoms with Gasteiger partial charge in [0.2, 0.25) is 0 Å². The first kappa shape index (κ1) is 12.3. The van der Waals surface area contributed by atoms with Crippen molar-refractivity contribution < 1.29 is 0 Å². The molecular weight excluding hydrogens is 282 g/mol. The van der Waals surface area contributed by atoms with Gasteiger partial charge in [0.15, 0.2) is 0 Å². The van der Waals surface area contributed by atoms with Gasteiger partial charge in [0.25, 0.3) is 0 Å². The van der Waals surface area contributed by atoms with Crippen LogP contribution >= 0.6 is 27.3 Å². The van der Waals surface area contributed by atoms with E-state index in [1.54, 1.807) is 16.9 Å². The van der Waals surface area contributed by atoms with Gasteiger partial charge in [-0.05, 0) is 66.0 Å². The van der Waals surface area contributed by atoms with Crippen LogP contribution in [0.25, 0.3) is 0 Å². The van der Waals surface area contributed by atoms with E-state index in [-0.39, 0.29) is 0 Å². The average molecular weight is 300 g/mol. The van der Waals surface area contributed by atoms with Crippen molar-refractivity contribution in [3.05, 3.63) is 32.4 Å². The Bertz CT molecular complexity index is 370. The molecule has 0 bridgehead atoms. The minimum Gasteiger partial charge on any atom is -0.313 e. The summed E-state index contributed by atoms with van der Waals surface area (Å²) in [4.78, 5) is 0. The molecule has 1 aromatic heterocycles. The highest BCUT2D eigenvalue weighted by Crippen LogP contribution is 2.33. The smallest absolute Gasteiger partial charge is 0.0374 e. The normalized spacial score (nSPS) is 18.2. The molecule has 1 heterocycles. The van der Waals surface area contributed by atoms with Gasteiger partial charge < -0.3 is 5.32 Å². The number of thiophene rings is 1. The molecule has 1 aliphatic rings. The summed E-state index contributed by atoms with van der Waals surface area (Å²) in [5.41, 5.74) is 3.03. The van der Waals surface area contributed by atoms with E-state index in [0.29, 0.717) is 6.04 Å². The zero-order valence-electron chi connectivity index (χ0n) is 9.63. The van der Waals surface area contributed by atoms with E-state index in [9.17, 15) is 0 Å². The van der Waals surface area contributed by atoms with Crippen LogP contribution in [-0.4, -0.2) is 7.05 Å². The first-order valence-corrected chi connectivity index (χ1v) is 7.61. The van der Waals surface area contributed by atoms with Crippen molar-refractivity contribution in [3.8, 4) is 0 Å². The molecule has 1 atom stereocenters. The molecule has 3 heteroatoms. The third-order valence-electron chi connectivity index (χ3n) is 3.22. The van der Waals surface area contributed by atoms with Crippen molar-refractivity contribution in [2.75, 3.05) is 7.05 Å². The van der Waals surface area contributed by atoms with Crippen LogP contribution < -0.4 is 5.32 Å². The van der Waals surface area contributed by atoms with Crippen LogP contribution in [0.2, 0.25) is 0 Å². The number of halogens is 1. The maximum Gasteiger partial charge on any atom is 0.0374 e. The second-order valence-electron chi connectivity index (χ2n) is 4.33. The van der Waals surface area contributed by atoms with Crippen LogP contribution in [0.4, 0.5) is 0 Å². The monoisotopic (exact) mass is 299 g/mol. The van der Waals surface area contributed by atoms with Gasteiger partial charge in [-0.15, -0.1) is 0 Å². The van der Waals surface area contributed by atoms with Crippen molar-refractivity contribution in [3.63, 3.8) is 0 Å². The topological polar surface area (TPSA) is 12.0 Å². The Kier molecular flexibility index (Phi) is 4.62. The van der Waals surface area contributed by atoms with E-state index < -0.39 is 0 Å². The van der Waals surface area contributed by atoms with Crippen molar-refractivity contribution in [1.82, 2.24) is 5.32 Å². The van der Waals surface area contributed by atoms with E-state index >= 15 is 0 Å². The third kappa shape index (κ3) is 2.96. The van der Waals surface area contributed by atoms with Gasteiger partial charge in [-0.3, -0.25) is 0 Å². The lowest BCUT2D eigenvalue weighted by Gasteiger charge is -2.20. The summed E-state index contributed by atoms with van der Waals surface area (Å²) >= 11 is 5.39. The standard InChI is InChI=1S/C13H18BrNS/c1-15-13(11-8-16-9-12(11)14)7-10-5-3-2-4-6-10/h5,8-9,13,15H,2-4,6-7H2,1H3. The highest BCUT2D eigenvalue weighted by Gasteiger charge is 2.16. The molecule has 16 heavy (non-hydrogen) atoms. The SMILES string of the molecule is CNC(CC1=CCCCC1)c1cscc1Br. The molecule has 1 nitrogen and oxygen atoms in total. The second kappa shape index (κ2) is 5.99. The summed E-state index contributed by atoms with van der Waals surface area (Å²) in [6.07, 6.45) is 8.90. The lowest BCUT2D eigenvalue weighted by atomic mass is 9.92. The quantitative estimate of drug-likeness (QED) is 0.797. The van der Waals surface area contributed by atoms with Crippen LogP contribution in [-0.2, 0) is 0 Å². The molecule has 0 fully saturated rings. The summed E-state index contributed by atoms with van der Waals surface area (Å²) in [5, 5.41) is 7.83. The molecule has 1 aromatic rings. The third-order valence-corrected chi connectivity index (χ3v) is 4.97. The van der Waals surface area contributed by atoms with Gasteiger partial charge in [0.05, 0.1) is 0 Å². The number of hydrogen-bond acceptors (Lipinski definition) is 2. The van der Waals surface area contributed by atoms with Gasteiger partial charge in [-0.2, -0.15) is 11.3 Å². The predicted octanol–water partition coefficient (Wildman–Crippen LogP) is 4.66. The van der Waals surface area contributed by atoms with E-state index in [1.807, 2.05) is 0 Å². The highest BCUT2D eigenvalue weighted by atomic mass is 79.9. The summed E-state index contributed by atoms with van der Waals surface area (Å²) in [5.74, 6) is 0. The number of allylic oxidation sites excluding steroid dienone is 1. The van der Waals surface area contributed by atoms with Crippen LogP contribution in [0.5, 0.6) is 0 Å². The van der Waals surface area contributed by atoms with Crippen molar-refractivity contribution in [2.24, 2.45) is 0 Å². The molecule has 0 aliphatic heterocycles. The molecule has 0 radical (unpaired) electrons. The zero-order valence-corrected chi connectivity index (χ0v) is 12.0. The first-order chi connectivity index (χ1) is 7.81. The maximum absolute atomic E-state index is 3.62. The molecule has 1 aliphatic carbocycles. The van der Waals surface area contributed by atoms with E-state index in [4.69, 9.17) is 0 Å². The average Bonchev–Trinajstić information content (AvgIpc) is 2.74. The van der Waals surface area contributed by atoms with Gasteiger partial charge in [-0.25, -0.2) is 0 Å². The van der Waals surface area contributed by atoms with E-state index in [0.717, 1.165) is 6.42 Å². The Morgan fingerprint density at radius 1 is 1.44 bits per heavy atom. The number of rotatable bonds is 4. The van der Waals surface area contributed by atoms with Crippen LogP contribution in [0, 0.1) is 0 Å². The summed E-state index contributed by atoms with van der Waals surface area (Å²) in [6.45, 7) is 0. The van der Waals surface area contributed by atoms with E-state index in [2.05, 4.69) is 45.1 Å². The fraction of sp³-hybridized carbons (Fsp3) is 0.538. The van der Waals surface area contributed by atoms with Crippen molar-refractivity contribution in [2.45, 2.75) is 38.1 Å². The molecular formula is C13H18BrNS. The van der Waals surface area contributed by atoms with Crippen molar-refractivity contribution >= 4 is 27.3 Å². The molecule has 2 rings (SSSR count). The Morgan fingerprint density at radius 3 is 2.88 bits per heavy atom. The molecule has 0 saturated carbocycles. The van der Waals surface area contributed by atoms with Gasteiger partial charge in [-0.1, -0.05) is 11.6 Å². The largest absolute Gasteiger partial charge is 0.313 e. The minimum absolute atomic E-state index is 0.463. The highest BCUT2D eigenvalue weighted by molar-refractivity contribution is 9.10. The van der Waals surface area contributed by atoms with Gasteiger partial charge in [0, 0.05) is 15.9 Å². The molecule has 0 saturated heterocycles. The Labute approximate surface area is 110 Å². The molecule has 1 unspecified atom stereocenters. The van der Waals surface area contributed by atoms with Crippen molar-refractivity contribution in [1.29, 1.82) is 0 Å². The number of hydrogen-bond donors (Lipinski definition) is 1. The van der Waals surface area contributed by atoms with Crippen LogP contribution in [0.3, 0.4) is 0 Å². The second-order valence-corrected chi connectivity index (χ2v) is 5.93. The fourth-order valence-corrected chi connectivity index (χ4v) is 3.89. The minimum atomic E-state index is 0.463. The Hall–Kier alpha value is -0.120. The first-order valence-electron chi connectivity index (χ1n) is 5.88. The molecule has 0 spiro atoms. The van der Waals surface area contributed by atoms with Gasteiger partial charge in [0.1, 0.15) is 0 Å². The summed E-state index contributed by atoms with van der Waals surface area (Å²) in [6, 6.07) is 0.463. The lowest BCUT2D eigenvalue weighted by Crippen LogP contribution is -2.17. The number of nitrogens with one attached hydrogen (secondary N) is 1. The molecule has 0 amide bonds. The predicted molar refractivity (Wildman–Crippen MR) is 75.0 cm³/mol. The van der Waals surface area contributed by atoms with Gasteiger partial charge >= 0.3 is 0 Å². The van der Waals surface area contributed by atoms with Crippen LogP contribution in [0.1, 0.15) is 43.7 Å². The molecule has 88 valence electrons. The zero-order chi connectivity index (χ0) is 11.4. The van der Waals surface area contributed by atoms with E-state index in [1.165, 1.54) is 35.7 Å². The fourth-order valence-electron chi connectivity index (χ4n) is 2.26. The Morgan fingerprint density at radius 2 is 2.31 bits per heavy atom. The molecule has 1 N–H and O–H groups in total. The molecule has 0 aromatic carbocycles. The summed E-state index contributed by atoms with van der Waals surface area (Å²) < 4.78 is 1.24. The summed E-state index contributed by atoms with van der Waals surface area (Å²) in [7, 11) is 2.05. The maximum atomic E-state index is 3.62.